The topological polar surface area (TPSA) is 63.6 Å². The Morgan fingerprint density at radius 2 is 1.89 bits per heavy atom. The highest BCUT2D eigenvalue weighted by Gasteiger charge is 2.49. The number of carbonyl (C=O) groups is 2. The third-order valence-electron chi connectivity index (χ3n) is 3.36. The van der Waals surface area contributed by atoms with Crippen molar-refractivity contribution >= 4 is 11.9 Å². The number of hydrogen-bond donors (Lipinski definition) is 1. The van der Waals surface area contributed by atoms with Crippen LogP contribution in [0.5, 0.6) is 0 Å². The Bertz CT molecular complexity index is 434. The van der Waals surface area contributed by atoms with Gasteiger partial charge in [0.25, 0.3) is 0 Å². The first-order valence-corrected chi connectivity index (χ1v) is 6.05. The van der Waals surface area contributed by atoms with Crippen molar-refractivity contribution in [2.45, 2.75) is 32.3 Å². The third kappa shape index (κ3) is 3.09. The zero-order valence-corrected chi connectivity index (χ0v) is 10.1. The molecule has 2 rings (SSSR count). The lowest BCUT2D eigenvalue weighted by molar-refractivity contribution is -0.147. The van der Waals surface area contributed by atoms with Gasteiger partial charge in [0.05, 0.1) is 5.41 Å². The average Bonchev–Trinajstić information content (AvgIpc) is 3.16. The van der Waals surface area contributed by atoms with E-state index in [-0.39, 0.29) is 19.0 Å². The highest BCUT2D eigenvalue weighted by Crippen LogP contribution is 2.49. The van der Waals surface area contributed by atoms with Crippen LogP contribution >= 0.6 is 0 Å². The van der Waals surface area contributed by atoms with Crippen LogP contribution in [0.15, 0.2) is 30.3 Å². The van der Waals surface area contributed by atoms with Gasteiger partial charge in [-0.3, -0.25) is 9.59 Å². The van der Waals surface area contributed by atoms with E-state index in [1.54, 1.807) is 0 Å². The summed E-state index contributed by atoms with van der Waals surface area (Å²) >= 11 is 0. The minimum atomic E-state index is -0.793. The standard InChI is InChI=1S/C14H16O4/c15-12(6-7-14(8-9-14)13(16)17)18-10-11-4-2-1-3-5-11/h1-5H,6-10H2,(H,16,17). The third-order valence-corrected chi connectivity index (χ3v) is 3.36. The summed E-state index contributed by atoms with van der Waals surface area (Å²) in [5.74, 6) is -1.12. The number of carboxylic acid groups (broad SMARTS) is 1. The Morgan fingerprint density at radius 3 is 2.44 bits per heavy atom. The van der Waals surface area contributed by atoms with Crippen LogP contribution in [-0.2, 0) is 20.9 Å². The Balaban J connectivity index is 1.72. The Hall–Kier alpha value is -1.84. The maximum atomic E-state index is 11.5. The molecule has 1 aliphatic carbocycles. The normalized spacial score (nSPS) is 16.0. The summed E-state index contributed by atoms with van der Waals surface area (Å²) in [6.45, 7) is 0.250. The zero-order chi connectivity index (χ0) is 13.0. The number of esters is 1. The Kier molecular flexibility index (Phi) is 3.65. The summed E-state index contributed by atoms with van der Waals surface area (Å²) < 4.78 is 5.10. The monoisotopic (exact) mass is 248 g/mol. The van der Waals surface area contributed by atoms with E-state index in [1.807, 2.05) is 30.3 Å². The van der Waals surface area contributed by atoms with Gasteiger partial charge in [0.2, 0.25) is 0 Å². The van der Waals surface area contributed by atoms with Gasteiger partial charge >= 0.3 is 11.9 Å². The van der Waals surface area contributed by atoms with Gasteiger partial charge in [-0.1, -0.05) is 30.3 Å². The fourth-order valence-corrected chi connectivity index (χ4v) is 1.87. The molecule has 1 N–H and O–H groups in total. The van der Waals surface area contributed by atoms with E-state index in [9.17, 15) is 9.59 Å². The number of ether oxygens (including phenoxy) is 1. The Labute approximate surface area is 106 Å². The van der Waals surface area contributed by atoms with E-state index in [0.717, 1.165) is 5.56 Å². The molecule has 4 heteroatoms. The molecule has 0 unspecified atom stereocenters. The van der Waals surface area contributed by atoms with Crippen LogP contribution < -0.4 is 0 Å². The Morgan fingerprint density at radius 1 is 1.22 bits per heavy atom. The van der Waals surface area contributed by atoms with Crippen LogP contribution in [0.3, 0.4) is 0 Å². The van der Waals surface area contributed by atoms with Gasteiger partial charge in [-0.05, 0) is 24.8 Å². The number of rotatable bonds is 6. The molecular formula is C14H16O4. The molecule has 96 valence electrons. The lowest BCUT2D eigenvalue weighted by Crippen LogP contribution is -2.17. The summed E-state index contributed by atoms with van der Waals surface area (Å²) in [7, 11) is 0. The van der Waals surface area contributed by atoms with E-state index in [1.165, 1.54) is 0 Å². The number of hydrogen-bond acceptors (Lipinski definition) is 3. The van der Waals surface area contributed by atoms with Crippen molar-refractivity contribution in [1.29, 1.82) is 0 Å². The first-order valence-electron chi connectivity index (χ1n) is 6.05. The molecule has 0 bridgehead atoms. The maximum absolute atomic E-state index is 11.5. The predicted molar refractivity (Wildman–Crippen MR) is 64.8 cm³/mol. The van der Waals surface area contributed by atoms with Gasteiger partial charge in [0, 0.05) is 6.42 Å². The number of carbonyl (C=O) groups excluding carboxylic acids is 1. The van der Waals surface area contributed by atoms with E-state index in [0.29, 0.717) is 19.3 Å². The fourth-order valence-electron chi connectivity index (χ4n) is 1.87. The molecule has 0 spiro atoms. The molecule has 18 heavy (non-hydrogen) atoms. The second-order valence-electron chi connectivity index (χ2n) is 4.73. The second kappa shape index (κ2) is 5.21. The van der Waals surface area contributed by atoms with E-state index in [2.05, 4.69) is 0 Å². The van der Waals surface area contributed by atoms with Crippen molar-refractivity contribution in [2.24, 2.45) is 5.41 Å². The lowest BCUT2D eigenvalue weighted by Gasteiger charge is -2.09. The molecule has 0 radical (unpaired) electrons. The minimum absolute atomic E-state index is 0.180. The van der Waals surface area contributed by atoms with E-state index < -0.39 is 11.4 Å². The molecule has 0 aliphatic heterocycles. The maximum Gasteiger partial charge on any atom is 0.309 e. The summed E-state index contributed by atoms with van der Waals surface area (Å²) in [5.41, 5.74) is 0.288. The van der Waals surface area contributed by atoms with Crippen LogP contribution in [0.1, 0.15) is 31.2 Å². The van der Waals surface area contributed by atoms with Crippen LogP contribution in [-0.4, -0.2) is 17.0 Å². The molecule has 1 aromatic carbocycles. The van der Waals surface area contributed by atoms with Crippen molar-refractivity contribution in [3.05, 3.63) is 35.9 Å². The highest BCUT2D eigenvalue weighted by atomic mass is 16.5. The van der Waals surface area contributed by atoms with Gasteiger partial charge in [-0.2, -0.15) is 0 Å². The summed E-state index contributed by atoms with van der Waals surface area (Å²) in [6.07, 6.45) is 1.91. The van der Waals surface area contributed by atoms with Gasteiger partial charge in [0.15, 0.2) is 0 Å². The smallest absolute Gasteiger partial charge is 0.309 e. The van der Waals surface area contributed by atoms with Crippen LogP contribution in [0.25, 0.3) is 0 Å². The molecule has 1 aromatic rings. The van der Waals surface area contributed by atoms with E-state index in [4.69, 9.17) is 9.84 Å². The molecule has 1 fully saturated rings. The van der Waals surface area contributed by atoms with Gasteiger partial charge in [0.1, 0.15) is 6.61 Å². The second-order valence-corrected chi connectivity index (χ2v) is 4.73. The first-order chi connectivity index (χ1) is 8.62. The molecule has 1 aliphatic rings. The molecular weight excluding hydrogens is 232 g/mol. The number of aliphatic carboxylic acids is 1. The van der Waals surface area contributed by atoms with Crippen molar-refractivity contribution in [3.63, 3.8) is 0 Å². The summed E-state index contributed by atoms with van der Waals surface area (Å²) in [4.78, 5) is 22.4. The largest absolute Gasteiger partial charge is 0.481 e. The van der Waals surface area contributed by atoms with Crippen molar-refractivity contribution in [3.8, 4) is 0 Å². The van der Waals surface area contributed by atoms with Crippen LogP contribution in [0.4, 0.5) is 0 Å². The molecule has 0 saturated heterocycles. The minimum Gasteiger partial charge on any atom is -0.481 e. The van der Waals surface area contributed by atoms with Crippen molar-refractivity contribution < 1.29 is 19.4 Å². The van der Waals surface area contributed by atoms with Crippen molar-refractivity contribution in [2.75, 3.05) is 0 Å². The quantitative estimate of drug-likeness (QED) is 0.785. The van der Waals surface area contributed by atoms with Crippen molar-refractivity contribution in [1.82, 2.24) is 0 Å². The SMILES string of the molecule is O=C(CCC1(C(=O)O)CC1)OCc1ccccc1. The molecule has 0 amide bonds. The van der Waals surface area contributed by atoms with Gasteiger partial charge in [-0.15, -0.1) is 0 Å². The van der Waals surface area contributed by atoms with Crippen LogP contribution in [0.2, 0.25) is 0 Å². The molecule has 0 aromatic heterocycles. The first kappa shape index (κ1) is 12.6. The van der Waals surface area contributed by atoms with Gasteiger partial charge < -0.3 is 9.84 Å². The highest BCUT2D eigenvalue weighted by molar-refractivity contribution is 5.79. The average molecular weight is 248 g/mol. The molecule has 4 nitrogen and oxygen atoms in total. The zero-order valence-electron chi connectivity index (χ0n) is 10.1. The molecule has 1 saturated carbocycles. The lowest BCUT2D eigenvalue weighted by atomic mass is 10.0. The number of benzene rings is 1. The van der Waals surface area contributed by atoms with Gasteiger partial charge in [-0.25, -0.2) is 0 Å². The summed E-state index contributed by atoms with van der Waals surface area (Å²) in [6, 6.07) is 9.43. The van der Waals surface area contributed by atoms with Crippen LogP contribution in [0, 0.1) is 5.41 Å². The molecule has 0 heterocycles. The van der Waals surface area contributed by atoms with E-state index >= 15 is 0 Å². The number of carboxylic acids is 1. The summed E-state index contributed by atoms with van der Waals surface area (Å²) in [5, 5.41) is 8.97. The predicted octanol–water partition coefficient (Wildman–Crippen LogP) is 2.37. The molecule has 0 atom stereocenters. The fraction of sp³-hybridized carbons (Fsp3) is 0.429.